The Morgan fingerprint density at radius 2 is 1.94 bits per heavy atom. The van der Waals surface area contributed by atoms with Gasteiger partial charge in [0, 0.05) is 17.4 Å². The number of carbonyl (C=O) groups excluding carboxylic acids is 1. The number of nitrogens with one attached hydrogen (secondary N) is 2. The minimum absolute atomic E-state index is 0.158. The molecule has 1 amide bonds. The number of hydrogen-bond donors (Lipinski definition) is 2. The van der Waals surface area contributed by atoms with Crippen LogP contribution in [-0.4, -0.2) is 19.5 Å². The molecule has 6 heteroatoms. The SMILES string of the molecule is CNCCC(=O)Nc1c(F)cc(Br)cc1F. The molecule has 88 valence electrons. The molecule has 0 aliphatic rings. The van der Waals surface area contributed by atoms with Crippen molar-refractivity contribution in [1.29, 1.82) is 0 Å². The molecule has 16 heavy (non-hydrogen) atoms. The smallest absolute Gasteiger partial charge is 0.225 e. The first kappa shape index (κ1) is 13.1. The second-order valence-corrected chi connectivity index (χ2v) is 4.06. The molecule has 3 nitrogen and oxygen atoms in total. The minimum atomic E-state index is -0.801. The van der Waals surface area contributed by atoms with E-state index in [1.54, 1.807) is 7.05 Å². The molecule has 0 spiro atoms. The lowest BCUT2D eigenvalue weighted by atomic mass is 10.2. The molecule has 0 aliphatic carbocycles. The fourth-order valence-electron chi connectivity index (χ4n) is 1.10. The highest BCUT2D eigenvalue weighted by molar-refractivity contribution is 9.10. The zero-order valence-electron chi connectivity index (χ0n) is 8.61. The number of carbonyl (C=O) groups is 1. The van der Waals surface area contributed by atoms with Gasteiger partial charge in [-0.2, -0.15) is 0 Å². The van der Waals surface area contributed by atoms with Gasteiger partial charge in [0.15, 0.2) is 11.6 Å². The van der Waals surface area contributed by atoms with Crippen LogP contribution in [0, 0.1) is 11.6 Å². The van der Waals surface area contributed by atoms with Crippen molar-refractivity contribution in [1.82, 2.24) is 5.32 Å². The largest absolute Gasteiger partial charge is 0.321 e. The number of rotatable bonds is 4. The first-order valence-electron chi connectivity index (χ1n) is 4.63. The van der Waals surface area contributed by atoms with Crippen LogP contribution in [-0.2, 0) is 4.79 Å². The summed E-state index contributed by atoms with van der Waals surface area (Å²) in [6, 6.07) is 2.19. The van der Waals surface area contributed by atoms with Crippen LogP contribution in [0.15, 0.2) is 16.6 Å². The van der Waals surface area contributed by atoms with Crippen molar-refractivity contribution >= 4 is 27.5 Å². The number of benzene rings is 1. The Hall–Kier alpha value is -1.01. The fourth-order valence-corrected chi connectivity index (χ4v) is 1.50. The average Bonchev–Trinajstić information content (AvgIpc) is 2.20. The highest BCUT2D eigenvalue weighted by Gasteiger charge is 2.12. The standard InChI is InChI=1S/C10H11BrF2N2O/c1-14-3-2-9(16)15-10-7(12)4-6(11)5-8(10)13/h4-5,14H,2-3H2,1H3,(H,15,16). The number of hydrogen-bond acceptors (Lipinski definition) is 2. The van der Waals surface area contributed by atoms with Crippen molar-refractivity contribution in [2.75, 3.05) is 18.9 Å². The molecule has 0 saturated heterocycles. The highest BCUT2D eigenvalue weighted by Crippen LogP contribution is 2.23. The van der Waals surface area contributed by atoms with Crippen LogP contribution in [0.3, 0.4) is 0 Å². The Morgan fingerprint density at radius 3 is 2.44 bits per heavy atom. The van der Waals surface area contributed by atoms with Crippen LogP contribution in [0.4, 0.5) is 14.5 Å². The van der Waals surface area contributed by atoms with E-state index in [4.69, 9.17) is 0 Å². The lowest BCUT2D eigenvalue weighted by Gasteiger charge is -2.07. The van der Waals surface area contributed by atoms with Crippen LogP contribution in [0.5, 0.6) is 0 Å². The van der Waals surface area contributed by atoms with E-state index < -0.39 is 23.2 Å². The summed E-state index contributed by atoms with van der Waals surface area (Å²) in [4.78, 5) is 11.3. The van der Waals surface area contributed by atoms with E-state index >= 15 is 0 Å². The van der Waals surface area contributed by atoms with Crippen LogP contribution < -0.4 is 10.6 Å². The quantitative estimate of drug-likeness (QED) is 0.894. The molecule has 1 aromatic carbocycles. The van der Waals surface area contributed by atoms with Gasteiger partial charge >= 0.3 is 0 Å². The van der Waals surface area contributed by atoms with Gasteiger partial charge in [-0.25, -0.2) is 8.78 Å². The molecule has 0 heterocycles. The molecular formula is C10H11BrF2N2O. The molecule has 2 N–H and O–H groups in total. The molecule has 0 bridgehead atoms. The van der Waals surface area contributed by atoms with Crippen molar-refractivity contribution < 1.29 is 13.6 Å². The second-order valence-electron chi connectivity index (χ2n) is 3.15. The van der Waals surface area contributed by atoms with Gasteiger partial charge in [-0.15, -0.1) is 0 Å². The van der Waals surface area contributed by atoms with E-state index in [2.05, 4.69) is 26.6 Å². The Balaban J connectivity index is 2.77. The Bertz CT molecular complexity index is 375. The van der Waals surface area contributed by atoms with Gasteiger partial charge in [0.2, 0.25) is 5.91 Å². The Morgan fingerprint density at radius 1 is 1.38 bits per heavy atom. The van der Waals surface area contributed by atoms with Crippen molar-refractivity contribution in [2.45, 2.75) is 6.42 Å². The van der Waals surface area contributed by atoms with Gasteiger partial charge < -0.3 is 10.6 Å². The van der Waals surface area contributed by atoms with Crippen LogP contribution in [0.25, 0.3) is 0 Å². The van der Waals surface area contributed by atoms with E-state index in [0.29, 0.717) is 6.54 Å². The zero-order chi connectivity index (χ0) is 12.1. The third-order valence-corrected chi connectivity index (χ3v) is 2.33. The van der Waals surface area contributed by atoms with E-state index in [-0.39, 0.29) is 10.9 Å². The van der Waals surface area contributed by atoms with Gasteiger partial charge in [-0.05, 0) is 19.2 Å². The predicted molar refractivity (Wildman–Crippen MR) is 61.2 cm³/mol. The van der Waals surface area contributed by atoms with Crippen molar-refractivity contribution in [3.63, 3.8) is 0 Å². The summed E-state index contributed by atoms with van der Waals surface area (Å²) in [7, 11) is 1.69. The molecule has 0 atom stereocenters. The molecular weight excluding hydrogens is 282 g/mol. The van der Waals surface area contributed by atoms with Gasteiger partial charge in [0.25, 0.3) is 0 Å². The maximum absolute atomic E-state index is 13.3. The van der Waals surface area contributed by atoms with Gasteiger partial charge in [-0.3, -0.25) is 4.79 Å². The van der Waals surface area contributed by atoms with Crippen LogP contribution >= 0.6 is 15.9 Å². The topological polar surface area (TPSA) is 41.1 Å². The van der Waals surface area contributed by atoms with E-state index in [1.165, 1.54) is 0 Å². The van der Waals surface area contributed by atoms with E-state index in [1.807, 2.05) is 0 Å². The summed E-state index contributed by atoms with van der Waals surface area (Å²) < 4.78 is 26.9. The molecule has 0 aromatic heterocycles. The Kier molecular flexibility index (Phi) is 4.82. The summed E-state index contributed by atoms with van der Waals surface area (Å²) in [6.07, 6.45) is 0.158. The highest BCUT2D eigenvalue weighted by atomic mass is 79.9. The first-order chi connectivity index (χ1) is 7.54. The molecule has 0 aliphatic heterocycles. The summed E-state index contributed by atoms with van der Waals surface area (Å²) in [5, 5.41) is 4.96. The molecule has 1 rings (SSSR count). The van der Waals surface area contributed by atoms with Crippen molar-refractivity contribution in [3.8, 4) is 0 Å². The number of anilines is 1. The van der Waals surface area contributed by atoms with Gasteiger partial charge in [0.05, 0.1) is 0 Å². The molecule has 0 unspecified atom stereocenters. The second kappa shape index (κ2) is 5.91. The summed E-state index contributed by atoms with van der Waals surface area (Å²) in [5.74, 6) is -2.04. The predicted octanol–water partition coefficient (Wildman–Crippen LogP) is 2.28. The van der Waals surface area contributed by atoms with Crippen molar-refractivity contribution in [2.24, 2.45) is 0 Å². The van der Waals surface area contributed by atoms with Crippen LogP contribution in [0.2, 0.25) is 0 Å². The summed E-state index contributed by atoms with van der Waals surface area (Å²) >= 11 is 2.95. The average molecular weight is 293 g/mol. The third kappa shape index (κ3) is 3.53. The monoisotopic (exact) mass is 292 g/mol. The van der Waals surface area contributed by atoms with E-state index in [0.717, 1.165) is 12.1 Å². The van der Waals surface area contributed by atoms with Crippen LogP contribution in [0.1, 0.15) is 6.42 Å². The normalized spacial score (nSPS) is 10.2. The zero-order valence-corrected chi connectivity index (χ0v) is 10.2. The van der Waals surface area contributed by atoms with Gasteiger partial charge in [0.1, 0.15) is 5.69 Å². The van der Waals surface area contributed by atoms with E-state index in [9.17, 15) is 13.6 Å². The molecule has 0 radical (unpaired) electrons. The van der Waals surface area contributed by atoms with Gasteiger partial charge in [-0.1, -0.05) is 15.9 Å². The lowest BCUT2D eigenvalue weighted by Crippen LogP contribution is -2.19. The number of halogens is 3. The summed E-state index contributed by atoms with van der Waals surface area (Å²) in [6.45, 7) is 0.450. The fraction of sp³-hybridized carbons (Fsp3) is 0.300. The molecule has 0 saturated carbocycles. The maximum atomic E-state index is 13.3. The summed E-state index contributed by atoms with van der Waals surface area (Å²) in [5.41, 5.74) is -0.413. The minimum Gasteiger partial charge on any atom is -0.321 e. The van der Waals surface area contributed by atoms with Crippen molar-refractivity contribution in [3.05, 3.63) is 28.2 Å². The lowest BCUT2D eigenvalue weighted by molar-refractivity contribution is -0.116. The molecule has 0 fully saturated rings. The number of amides is 1. The molecule has 1 aromatic rings. The Labute approximate surface area is 100 Å². The maximum Gasteiger partial charge on any atom is 0.225 e. The first-order valence-corrected chi connectivity index (χ1v) is 5.43. The third-order valence-electron chi connectivity index (χ3n) is 1.87.